The summed E-state index contributed by atoms with van der Waals surface area (Å²) >= 11 is 0. The number of methoxy groups -OCH3 is 1. The Morgan fingerprint density at radius 3 is 3.00 bits per heavy atom. The van der Waals surface area contributed by atoms with Gasteiger partial charge in [-0.2, -0.15) is 0 Å². The zero-order valence-electron chi connectivity index (χ0n) is 11.8. The molecule has 1 heterocycles. The summed E-state index contributed by atoms with van der Waals surface area (Å²) < 4.78 is 9.97. The molecule has 0 radical (unpaired) electrons. The molecule has 2 rings (SSSR count). The lowest BCUT2D eigenvalue weighted by Gasteiger charge is -2.28. The molecule has 1 amide bonds. The molecule has 1 fully saturated rings. The first-order valence-corrected chi connectivity index (χ1v) is 7.08. The van der Waals surface area contributed by atoms with Crippen LogP contribution < -0.4 is 5.32 Å². The van der Waals surface area contributed by atoms with Gasteiger partial charge in [-0.1, -0.05) is 6.42 Å². The van der Waals surface area contributed by atoms with Crippen molar-refractivity contribution in [2.24, 2.45) is 5.92 Å². The van der Waals surface area contributed by atoms with E-state index in [1.165, 1.54) is 7.11 Å². The van der Waals surface area contributed by atoms with Crippen molar-refractivity contribution in [3.05, 3.63) is 24.2 Å². The SMILES string of the molecule is COC(=O)[C@@H]1CCC[C@@H](NC(=O)CCc2ccco2)C1. The molecular weight excluding hydrogens is 258 g/mol. The fraction of sp³-hybridized carbons (Fsp3) is 0.600. The average molecular weight is 279 g/mol. The second-order valence-corrected chi connectivity index (χ2v) is 5.23. The maximum Gasteiger partial charge on any atom is 0.308 e. The molecule has 1 saturated carbocycles. The first kappa shape index (κ1) is 14.6. The quantitative estimate of drug-likeness (QED) is 0.838. The Morgan fingerprint density at radius 2 is 2.30 bits per heavy atom. The summed E-state index contributed by atoms with van der Waals surface area (Å²) in [4.78, 5) is 23.4. The number of ether oxygens (including phenoxy) is 1. The number of carbonyl (C=O) groups is 2. The van der Waals surface area contributed by atoms with Gasteiger partial charge in [0.2, 0.25) is 5.91 Å². The van der Waals surface area contributed by atoms with E-state index in [-0.39, 0.29) is 23.8 Å². The van der Waals surface area contributed by atoms with Gasteiger partial charge in [0.25, 0.3) is 0 Å². The van der Waals surface area contributed by atoms with Crippen LogP contribution in [0.1, 0.15) is 37.9 Å². The molecule has 110 valence electrons. The summed E-state index contributed by atoms with van der Waals surface area (Å²) in [6.45, 7) is 0. The largest absolute Gasteiger partial charge is 0.469 e. The summed E-state index contributed by atoms with van der Waals surface area (Å²) in [5, 5.41) is 3.00. The molecule has 0 aromatic carbocycles. The molecule has 0 unspecified atom stereocenters. The van der Waals surface area contributed by atoms with Gasteiger partial charge in [-0.25, -0.2) is 0 Å². The standard InChI is InChI=1S/C15H21NO4/c1-19-15(18)11-4-2-5-12(10-11)16-14(17)8-7-13-6-3-9-20-13/h3,6,9,11-12H,2,4-5,7-8,10H2,1H3,(H,16,17)/t11-,12-/m1/s1. The van der Waals surface area contributed by atoms with E-state index in [1.807, 2.05) is 12.1 Å². The summed E-state index contributed by atoms with van der Waals surface area (Å²) in [5.74, 6) is 0.580. The van der Waals surface area contributed by atoms with Gasteiger partial charge >= 0.3 is 5.97 Å². The van der Waals surface area contributed by atoms with Crippen LogP contribution >= 0.6 is 0 Å². The fourth-order valence-electron chi connectivity index (χ4n) is 2.69. The Labute approximate surface area is 118 Å². The van der Waals surface area contributed by atoms with Gasteiger partial charge < -0.3 is 14.5 Å². The molecule has 0 spiro atoms. The van der Waals surface area contributed by atoms with Gasteiger partial charge in [0, 0.05) is 18.9 Å². The van der Waals surface area contributed by atoms with Crippen molar-refractivity contribution in [1.82, 2.24) is 5.32 Å². The molecule has 0 saturated heterocycles. The molecule has 20 heavy (non-hydrogen) atoms. The van der Waals surface area contributed by atoms with Crippen LogP contribution in [0.5, 0.6) is 0 Å². The van der Waals surface area contributed by atoms with Crippen LogP contribution in [-0.2, 0) is 20.7 Å². The Bertz CT molecular complexity index is 441. The highest BCUT2D eigenvalue weighted by molar-refractivity contribution is 5.77. The fourth-order valence-corrected chi connectivity index (χ4v) is 2.69. The van der Waals surface area contributed by atoms with Crippen molar-refractivity contribution in [3.8, 4) is 0 Å². The number of nitrogens with one attached hydrogen (secondary N) is 1. The van der Waals surface area contributed by atoms with Crippen molar-refractivity contribution < 1.29 is 18.7 Å². The van der Waals surface area contributed by atoms with Crippen molar-refractivity contribution in [2.75, 3.05) is 7.11 Å². The lowest BCUT2D eigenvalue weighted by atomic mass is 9.85. The number of esters is 1. The molecule has 0 aliphatic heterocycles. The highest BCUT2D eigenvalue weighted by atomic mass is 16.5. The molecule has 1 N–H and O–H groups in total. The third-order valence-corrected chi connectivity index (χ3v) is 3.75. The first-order valence-electron chi connectivity index (χ1n) is 7.08. The minimum absolute atomic E-state index is 0.0110. The van der Waals surface area contributed by atoms with E-state index in [0.29, 0.717) is 19.3 Å². The Kier molecular flexibility index (Phi) is 5.21. The average Bonchev–Trinajstić information content (AvgIpc) is 2.98. The highest BCUT2D eigenvalue weighted by Crippen LogP contribution is 2.25. The smallest absolute Gasteiger partial charge is 0.308 e. The van der Waals surface area contributed by atoms with Gasteiger partial charge in [0.15, 0.2) is 0 Å². The Morgan fingerprint density at radius 1 is 1.45 bits per heavy atom. The van der Waals surface area contributed by atoms with Crippen LogP contribution in [0.15, 0.2) is 22.8 Å². The first-order chi connectivity index (χ1) is 9.69. The van der Waals surface area contributed by atoms with E-state index >= 15 is 0 Å². The van der Waals surface area contributed by atoms with E-state index in [0.717, 1.165) is 25.0 Å². The van der Waals surface area contributed by atoms with E-state index in [9.17, 15) is 9.59 Å². The highest BCUT2D eigenvalue weighted by Gasteiger charge is 2.28. The number of carbonyl (C=O) groups excluding carboxylic acids is 2. The monoisotopic (exact) mass is 279 g/mol. The Hall–Kier alpha value is -1.78. The molecular formula is C15H21NO4. The van der Waals surface area contributed by atoms with Crippen molar-refractivity contribution in [2.45, 2.75) is 44.6 Å². The molecule has 0 bridgehead atoms. The second-order valence-electron chi connectivity index (χ2n) is 5.23. The number of amides is 1. The van der Waals surface area contributed by atoms with E-state index in [4.69, 9.17) is 9.15 Å². The zero-order chi connectivity index (χ0) is 14.4. The third kappa shape index (κ3) is 4.11. The van der Waals surface area contributed by atoms with Crippen LogP contribution in [0.2, 0.25) is 0 Å². The van der Waals surface area contributed by atoms with Gasteiger partial charge in [-0.15, -0.1) is 0 Å². The maximum absolute atomic E-state index is 11.9. The van der Waals surface area contributed by atoms with Crippen LogP contribution in [0.3, 0.4) is 0 Å². The number of hydrogen-bond donors (Lipinski definition) is 1. The topological polar surface area (TPSA) is 68.5 Å². The molecule has 1 aliphatic rings. The lowest BCUT2D eigenvalue weighted by Crippen LogP contribution is -2.40. The van der Waals surface area contributed by atoms with Crippen LogP contribution in [0, 0.1) is 5.92 Å². The van der Waals surface area contributed by atoms with Gasteiger partial charge in [-0.3, -0.25) is 9.59 Å². The van der Waals surface area contributed by atoms with Crippen molar-refractivity contribution >= 4 is 11.9 Å². The molecule has 2 atom stereocenters. The minimum atomic E-state index is -0.167. The summed E-state index contributed by atoms with van der Waals surface area (Å²) in [5.41, 5.74) is 0. The van der Waals surface area contributed by atoms with Crippen LogP contribution in [-0.4, -0.2) is 25.0 Å². The normalized spacial score (nSPS) is 22.2. The zero-order valence-corrected chi connectivity index (χ0v) is 11.8. The van der Waals surface area contributed by atoms with Crippen molar-refractivity contribution in [3.63, 3.8) is 0 Å². The van der Waals surface area contributed by atoms with Crippen LogP contribution in [0.25, 0.3) is 0 Å². The maximum atomic E-state index is 11.9. The van der Waals surface area contributed by atoms with E-state index in [1.54, 1.807) is 6.26 Å². The van der Waals surface area contributed by atoms with E-state index in [2.05, 4.69) is 5.32 Å². The minimum Gasteiger partial charge on any atom is -0.469 e. The summed E-state index contributed by atoms with van der Waals surface area (Å²) in [6.07, 6.45) is 6.03. The van der Waals surface area contributed by atoms with Gasteiger partial charge in [0.1, 0.15) is 5.76 Å². The number of rotatable bonds is 5. The summed E-state index contributed by atoms with van der Waals surface area (Å²) in [6, 6.07) is 3.76. The second kappa shape index (κ2) is 7.12. The van der Waals surface area contributed by atoms with Gasteiger partial charge in [-0.05, 0) is 31.4 Å². The number of hydrogen-bond acceptors (Lipinski definition) is 4. The van der Waals surface area contributed by atoms with Crippen LogP contribution in [0.4, 0.5) is 0 Å². The lowest BCUT2D eigenvalue weighted by molar-refractivity contribution is -0.147. The number of aryl methyl sites for hydroxylation is 1. The predicted octanol–water partition coefficient (Wildman–Crippen LogP) is 2.06. The molecule has 5 heteroatoms. The Balaban J connectivity index is 1.74. The predicted molar refractivity (Wildman–Crippen MR) is 72.9 cm³/mol. The molecule has 1 aromatic heterocycles. The van der Waals surface area contributed by atoms with Gasteiger partial charge in [0.05, 0.1) is 19.3 Å². The molecule has 1 aromatic rings. The molecule has 1 aliphatic carbocycles. The number of furan rings is 1. The van der Waals surface area contributed by atoms with E-state index < -0.39 is 0 Å². The van der Waals surface area contributed by atoms with Crippen molar-refractivity contribution in [1.29, 1.82) is 0 Å². The third-order valence-electron chi connectivity index (χ3n) is 3.75. The summed E-state index contributed by atoms with van der Waals surface area (Å²) in [7, 11) is 1.41. The molecule has 5 nitrogen and oxygen atoms in total.